The molecule has 1 amide bonds. The van der Waals surface area contributed by atoms with E-state index in [1.165, 1.54) is 23.4 Å². The van der Waals surface area contributed by atoms with Gasteiger partial charge in [0.1, 0.15) is 17.7 Å². The minimum Gasteiger partial charge on any atom is -0.223 e. The second-order valence-corrected chi connectivity index (χ2v) is 7.48. The average molecular weight is 435 g/mol. The Morgan fingerprint density at radius 3 is 2.62 bits per heavy atom. The van der Waals surface area contributed by atoms with Crippen LogP contribution in [-0.2, 0) is 0 Å². The van der Waals surface area contributed by atoms with Gasteiger partial charge < -0.3 is 0 Å². The van der Waals surface area contributed by atoms with E-state index in [-0.39, 0.29) is 17.4 Å². The molecule has 0 fully saturated rings. The molecule has 3 unspecified atom stereocenters. The Morgan fingerprint density at radius 1 is 1.21 bits per heavy atom. The molecule has 0 N–H and O–H groups in total. The maximum Gasteiger partial charge on any atom is 0.403 e. The normalized spacial score (nSPS) is 24.6. The van der Waals surface area contributed by atoms with Crippen LogP contribution in [0.3, 0.4) is 0 Å². The molecule has 4 rings (SSSR count). The fourth-order valence-corrected chi connectivity index (χ4v) is 4.09. The van der Waals surface area contributed by atoms with Crippen LogP contribution in [0.25, 0.3) is 0 Å². The Hall–Kier alpha value is -2.65. The maximum absolute atomic E-state index is 16.9. The average Bonchev–Trinajstić information content (AvgIpc) is 3.37. The third kappa shape index (κ3) is 2.96. The number of benzene rings is 2. The van der Waals surface area contributed by atoms with Crippen LogP contribution in [0.1, 0.15) is 23.4 Å². The van der Waals surface area contributed by atoms with Gasteiger partial charge in [-0.2, -0.15) is 14.8 Å². The zero-order valence-electron chi connectivity index (χ0n) is 15.4. The van der Waals surface area contributed by atoms with E-state index in [4.69, 9.17) is 23.2 Å². The molecule has 1 aliphatic heterocycles. The third-order valence-electron chi connectivity index (χ3n) is 5.06. The van der Waals surface area contributed by atoms with Crippen LogP contribution in [0.4, 0.5) is 10.2 Å². The Kier molecular flexibility index (Phi) is 4.95. The zero-order chi connectivity index (χ0) is 20.6. The smallest absolute Gasteiger partial charge is 0.223 e. The van der Waals surface area contributed by atoms with E-state index in [2.05, 4.69) is 15.1 Å². The summed E-state index contributed by atoms with van der Waals surface area (Å²) >= 11 is 12.5. The van der Waals surface area contributed by atoms with Gasteiger partial charge in [-0.15, -0.1) is 0 Å². The van der Waals surface area contributed by atoms with Gasteiger partial charge in [0.05, 0.1) is 14.9 Å². The van der Waals surface area contributed by atoms with Crippen LogP contribution in [0, 0.1) is 0 Å². The number of carbonyl (C=O) groups is 1. The van der Waals surface area contributed by atoms with Gasteiger partial charge in [0.25, 0.3) is 12.5 Å². The number of carbonyl (C=O) groups excluding carboxylic acids is 1. The first-order chi connectivity index (χ1) is 13.9. The van der Waals surface area contributed by atoms with Crippen molar-refractivity contribution in [3.8, 4) is 0 Å². The van der Waals surface area contributed by atoms with Crippen molar-refractivity contribution < 1.29 is 14.1 Å². The first-order valence-corrected chi connectivity index (χ1v) is 9.53. The summed E-state index contributed by atoms with van der Waals surface area (Å²) in [6, 6.07) is 13.1. The number of hydrogen-bond acceptors (Lipinski definition) is 4. The molecular weight excluding hydrogens is 418 g/mol. The van der Waals surface area contributed by atoms with E-state index in [0.717, 1.165) is 6.34 Å². The number of nitrogens with zero attached hydrogens (tertiary/aromatic N) is 6. The van der Waals surface area contributed by atoms with Crippen LogP contribution in [0.15, 0.2) is 66.2 Å². The molecule has 29 heavy (non-hydrogen) atoms. The van der Waals surface area contributed by atoms with Gasteiger partial charge in [0, 0.05) is 18.0 Å². The van der Waals surface area contributed by atoms with Crippen molar-refractivity contribution >= 4 is 41.1 Å². The molecule has 0 aliphatic carbocycles. The number of amides is 1. The van der Waals surface area contributed by atoms with Gasteiger partial charge in [-0.25, -0.2) is 9.78 Å². The van der Waals surface area contributed by atoms with Crippen molar-refractivity contribution in [1.29, 1.82) is 0 Å². The summed E-state index contributed by atoms with van der Waals surface area (Å²) in [5.41, 5.74) is 0.576. The first-order valence-electron chi connectivity index (χ1n) is 8.77. The molecule has 2 aromatic carbocycles. The van der Waals surface area contributed by atoms with Crippen LogP contribution < -0.4 is 4.59 Å². The summed E-state index contributed by atoms with van der Waals surface area (Å²) in [6.45, 7) is 1.42. The summed E-state index contributed by atoms with van der Waals surface area (Å²) in [6.07, 6.45) is 2.85. The Labute approximate surface area is 176 Å². The molecule has 1 aliphatic rings. The van der Waals surface area contributed by atoms with E-state index >= 15 is 4.48 Å². The van der Waals surface area contributed by atoms with Crippen molar-refractivity contribution in [2.75, 3.05) is 6.67 Å². The highest BCUT2D eigenvalue weighted by atomic mass is 35.5. The predicted octanol–water partition coefficient (Wildman–Crippen LogP) is 4.57. The minimum atomic E-state index is -1.40. The summed E-state index contributed by atoms with van der Waals surface area (Å²) < 4.78 is 17.4. The number of halogens is 3. The van der Waals surface area contributed by atoms with E-state index in [0.29, 0.717) is 10.6 Å². The molecular formula is C19H17Cl2FN6O+2. The summed E-state index contributed by atoms with van der Waals surface area (Å²) in [4.78, 5) is 20.5. The fraction of sp³-hybridized carbons (Fsp3) is 0.158. The number of quaternary nitrogens is 2. The lowest BCUT2D eigenvalue weighted by Gasteiger charge is -2.38. The molecule has 3 atom stereocenters. The van der Waals surface area contributed by atoms with Gasteiger partial charge in [-0.1, -0.05) is 41.4 Å². The van der Waals surface area contributed by atoms with Gasteiger partial charge in [-0.05, 0) is 28.9 Å². The zero-order valence-corrected chi connectivity index (χ0v) is 16.9. The second-order valence-electron chi connectivity index (χ2n) is 6.63. The molecule has 3 aromatic rings. The lowest BCUT2D eigenvalue weighted by molar-refractivity contribution is -1.08. The maximum atomic E-state index is 16.9. The van der Waals surface area contributed by atoms with Gasteiger partial charge in [0.15, 0.2) is 0 Å². The Bertz CT molecular complexity index is 1080. The molecule has 0 saturated carbocycles. The quantitative estimate of drug-likeness (QED) is 0.446. The number of rotatable bonds is 4. The Morgan fingerprint density at radius 2 is 1.97 bits per heavy atom. The standard InChI is InChI=1S/C19H17Cl2FN6O/c1-14(26-11-23-10-25-26)28(22)13-24-12-27(28,18-8-7-16(20)9-17(18)21)19(29)15-5-3-2-4-6-15/h2-11,13-14H,12H2,1H3/q+2. The molecule has 10 heteroatoms. The largest absolute Gasteiger partial charge is 0.403 e. The molecule has 1 aromatic heterocycles. The van der Waals surface area contributed by atoms with Crippen LogP contribution >= 0.6 is 23.2 Å². The molecule has 0 saturated heterocycles. The molecule has 0 radical (unpaired) electrons. The van der Waals surface area contributed by atoms with E-state index in [1.807, 2.05) is 0 Å². The topological polar surface area (TPSA) is 60.1 Å². The summed E-state index contributed by atoms with van der Waals surface area (Å²) in [7, 11) is 0. The van der Waals surface area contributed by atoms with Crippen molar-refractivity contribution in [3.05, 3.63) is 76.8 Å². The van der Waals surface area contributed by atoms with Gasteiger partial charge in [0.2, 0.25) is 12.4 Å². The number of hydrogen-bond donors (Lipinski definition) is 0. The van der Waals surface area contributed by atoms with E-state index in [1.54, 1.807) is 49.4 Å². The SMILES string of the molecule is CC(n1cncn1)[N+]1(F)C=NC[N+]1(C(=O)c1ccccc1)c1ccc(Cl)cc1Cl. The summed E-state index contributed by atoms with van der Waals surface area (Å²) in [5.74, 6) is -0.498. The van der Waals surface area contributed by atoms with Crippen molar-refractivity contribution in [1.82, 2.24) is 19.4 Å². The lowest BCUT2D eigenvalue weighted by Crippen LogP contribution is -2.71. The third-order valence-corrected chi connectivity index (χ3v) is 5.60. The Balaban J connectivity index is 1.97. The van der Waals surface area contributed by atoms with Crippen LogP contribution in [0.5, 0.6) is 0 Å². The van der Waals surface area contributed by atoms with E-state index in [9.17, 15) is 4.79 Å². The van der Waals surface area contributed by atoms with Crippen LogP contribution in [-0.4, -0.2) is 38.5 Å². The highest BCUT2D eigenvalue weighted by Gasteiger charge is 2.68. The molecule has 0 spiro atoms. The highest BCUT2D eigenvalue weighted by Crippen LogP contribution is 2.45. The molecule has 148 valence electrons. The number of aliphatic imine (C=N–C) groups is 1. The van der Waals surface area contributed by atoms with Crippen molar-refractivity contribution in [2.24, 2.45) is 4.99 Å². The second kappa shape index (κ2) is 7.31. The number of aromatic nitrogens is 3. The monoisotopic (exact) mass is 434 g/mol. The van der Waals surface area contributed by atoms with Crippen molar-refractivity contribution in [2.45, 2.75) is 13.1 Å². The predicted molar refractivity (Wildman–Crippen MR) is 108 cm³/mol. The van der Waals surface area contributed by atoms with Gasteiger partial charge in [-0.3, -0.25) is 0 Å². The molecule has 7 nitrogen and oxygen atoms in total. The van der Waals surface area contributed by atoms with E-state index < -0.39 is 21.5 Å². The summed E-state index contributed by atoms with van der Waals surface area (Å²) in [5, 5.41) is 4.59. The van der Waals surface area contributed by atoms with Crippen molar-refractivity contribution in [3.63, 3.8) is 0 Å². The fourth-order valence-electron chi connectivity index (χ4n) is 3.54. The lowest BCUT2D eigenvalue weighted by atomic mass is 10.1. The van der Waals surface area contributed by atoms with Crippen LogP contribution in [0.2, 0.25) is 10.0 Å². The molecule has 2 heterocycles. The molecule has 0 bridgehead atoms. The first kappa shape index (κ1) is 19.7. The van der Waals surface area contributed by atoms with Gasteiger partial charge >= 0.3 is 5.91 Å². The minimum absolute atomic E-state index is 0.165. The highest BCUT2D eigenvalue weighted by molar-refractivity contribution is 6.36.